The Bertz CT molecular complexity index is 693. The van der Waals surface area contributed by atoms with E-state index in [-0.39, 0.29) is 23.8 Å². The number of amides is 2. The summed E-state index contributed by atoms with van der Waals surface area (Å²) in [5.41, 5.74) is 1.51. The Hall–Kier alpha value is -2.64. The summed E-state index contributed by atoms with van der Waals surface area (Å²) in [6.07, 6.45) is 7.69. The molecule has 1 saturated heterocycles. The maximum Gasteiger partial charge on any atom is 0.230 e. The highest BCUT2D eigenvalue weighted by Crippen LogP contribution is 2.37. The van der Waals surface area contributed by atoms with Crippen LogP contribution < -0.4 is 5.32 Å². The van der Waals surface area contributed by atoms with Crippen molar-refractivity contribution in [3.05, 3.63) is 30.4 Å². The fourth-order valence-corrected chi connectivity index (χ4v) is 3.16. The molecule has 3 heterocycles. The van der Waals surface area contributed by atoms with Gasteiger partial charge in [0, 0.05) is 38.0 Å². The van der Waals surface area contributed by atoms with Crippen LogP contribution >= 0.6 is 0 Å². The number of carbonyl (C=O) groups is 2. The van der Waals surface area contributed by atoms with Crippen LogP contribution in [0.2, 0.25) is 0 Å². The highest BCUT2D eigenvalue weighted by molar-refractivity contribution is 5.94. The molecule has 2 N–H and O–H groups in total. The van der Waals surface area contributed by atoms with Crippen LogP contribution in [-0.2, 0) is 16.6 Å². The molecule has 1 aliphatic rings. The van der Waals surface area contributed by atoms with Crippen molar-refractivity contribution in [1.82, 2.24) is 24.9 Å². The Balaban J connectivity index is 1.89. The van der Waals surface area contributed by atoms with Crippen LogP contribution in [-0.4, -0.2) is 43.2 Å². The highest BCUT2D eigenvalue weighted by atomic mass is 16.2. The number of hydrogen-bond acceptors (Lipinski definition) is 4. The summed E-state index contributed by atoms with van der Waals surface area (Å²) in [6.45, 7) is 2.49. The second kappa shape index (κ2) is 6.23. The molecule has 8 nitrogen and oxygen atoms in total. The van der Waals surface area contributed by atoms with E-state index in [0.29, 0.717) is 25.1 Å². The number of nitrogens with zero attached hydrogens (tertiary/aromatic N) is 4. The topological polar surface area (TPSA) is 95.9 Å². The molecule has 0 aromatic carbocycles. The first-order chi connectivity index (χ1) is 11.1. The van der Waals surface area contributed by atoms with Crippen LogP contribution in [0.3, 0.4) is 0 Å². The lowest BCUT2D eigenvalue weighted by atomic mass is 9.84. The molecule has 2 unspecified atom stereocenters. The molecule has 0 spiro atoms. The van der Waals surface area contributed by atoms with Gasteiger partial charge < -0.3 is 10.2 Å². The second-order valence-electron chi connectivity index (χ2n) is 5.69. The quantitative estimate of drug-likeness (QED) is 0.882. The van der Waals surface area contributed by atoms with Crippen LogP contribution in [0.4, 0.5) is 5.69 Å². The molecule has 0 saturated carbocycles. The van der Waals surface area contributed by atoms with E-state index in [1.54, 1.807) is 28.2 Å². The summed E-state index contributed by atoms with van der Waals surface area (Å²) in [5.74, 6) is -0.341. The number of H-pyrrole nitrogens is 1. The molecule has 1 aliphatic heterocycles. The van der Waals surface area contributed by atoms with E-state index in [9.17, 15) is 9.59 Å². The Labute approximate surface area is 133 Å². The number of carbonyl (C=O) groups excluding carboxylic acids is 2. The zero-order valence-corrected chi connectivity index (χ0v) is 13.2. The minimum atomic E-state index is -0.313. The van der Waals surface area contributed by atoms with Gasteiger partial charge in [0.05, 0.1) is 30.0 Å². The van der Waals surface area contributed by atoms with Crippen molar-refractivity contribution in [2.24, 2.45) is 13.0 Å². The average Bonchev–Trinajstić information content (AvgIpc) is 3.18. The minimum Gasteiger partial charge on any atom is -0.335 e. The largest absolute Gasteiger partial charge is 0.335 e. The van der Waals surface area contributed by atoms with Gasteiger partial charge in [-0.05, 0) is 13.3 Å². The first-order valence-electron chi connectivity index (χ1n) is 7.67. The molecule has 2 aromatic heterocycles. The van der Waals surface area contributed by atoms with Gasteiger partial charge in [0.2, 0.25) is 11.8 Å². The van der Waals surface area contributed by atoms with E-state index in [2.05, 4.69) is 20.6 Å². The zero-order chi connectivity index (χ0) is 16.4. The number of anilines is 1. The van der Waals surface area contributed by atoms with Crippen LogP contribution in [0, 0.1) is 5.92 Å². The number of hydrogen-bond donors (Lipinski definition) is 2. The molecule has 2 aromatic rings. The summed E-state index contributed by atoms with van der Waals surface area (Å²) in [4.78, 5) is 26.7. The van der Waals surface area contributed by atoms with Crippen molar-refractivity contribution in [2.75, 3.05) is 11.9 Å². The van der Waals surface area contributed by atoms with E-state index < -0.39 is 0 Å². The summed E-state index contributed by atoms with van der Waals surface area (Å²) in [7, 11) is 1.82. The summed E-state index contributed by atoms with van der Waals surface area (Å²) >= 11 is 0. The molecule has 8 heteroatoms. The van der Waals surface area contributed by atoms with Crippen LogP contribution in [0.15, 0.2) is 24.8 Å². The maximum absolute atomic E-state index is 12.7. The van der Waals surface area contributed by atoms with Gasteiger partial charge >= 0.3 is 0 Å². The van der Waals surface area contributed by atoms with Crippen molar-refractivity contribution in [3.63, 3.8) is 0 Å². The molecule has 0 radical (unpaired) electrons. The number of nitrogens with one attached hydrogen (secondary N) is 2. The lowest BCUT2D eigenvalue weighted by molar-refractivity contribution is -0.141. The lowest BCUT2D eigenvalue weighted by Gasteiger charge is -2.39. The van der Waals surface area contributed by atoms with Crippen LogP contribution in [0.25, 0.3) is 0 Å². The lowest BCUT2D eigenvalue weighted by Crippen LogP contribution is -2.46. The van der Waals surface area contributed by atoms with E-state index in [4.69, 9.17) is 0 Å². The molecular weight excluding hydrogens is 296 g/mol. The van der Waals surface area contributed by atoms with Gasteiger partial charge in [-0.2, -0.15) is 10.2 Å². The average molecular weight is 316 g/mol. The van der Waals surface area contributed by atoms with Crippen molar-refractivity contribution in [1.29, 1.82) is 0 Å². The highest BCUT2D eigenvalue weighted by Gasteiger charge is 2.40. The molecule has 2 atom stereocenters. The van der Waals surface area contributed by atoms with Gasteiger partial charge in [-0.1, -0.05) is 0 Å². The third kappa shape index (κ3) is 2.96. The van der Waals surface area contributed by atoms with Gasteiger partial charge in [-0.15, -0.1) is 0 Å². The smallest absolute Gasteiger partial charge is 0.230 e. The van der Waals surface area contributed by atoms with Crippen LogP contribution in [0.1, 0.15) is 31.4 Å². The summed E-state index contributed by atoms with van der Waals surface area (Å²) < 4.78 is 1.69. The van der Waals surface area contributed by atoms with Crippen molar-refractivity contribution < 1.29 is 9.59 Å². The van der Waals surface area contributed by atoms with E-state index in [1.807, 2.05) is 20.2 Å². The summed E-state index contributed by atoms with van der Waals surface area (Å²) in [5, 5.41) is 13.5. The number of likely N-dealkylation sites (tertiary alicyclic amines) is 1. The Morgan fingerprint density at radius 2 is 2.30 bits per heavy atom. The monoisotopic (exact) mass is 316 g/mol. The standard InChI is InChI=1S/C15H20N6O2/c1-3-21-13(22)5-4-12(14(21)10-6-18-20(2)9-10)15(23)19-11-7-16-17-8-11/h6-9,12,14H,3-5H2,1-2H3,(H,16,17)(H,19,23). The number of aromatic amines is 1. The molecule has 0 bridgehead atoms. The van der Waals surface area contributed by atoms with Gasteiger partial charge in [0.1, 0.15) is 0 Å². The molecular formula is C15H20N6O2. The molecule has 23 heavy (non-hydrogen) atoms. The number of aryl methyl sites for hydroxylation is 1. The van der Waals surface area contributed by atoms with Gasteiger partial charge in [0.25, 0.3) is 0 Å². The number of rotatable bonds is 4. The Morgan fingerprint density at radius 1 is 1.48 bits per heavy atom. The first kappa shape index (κ1) is 15.3. The van der Waals surface area contributed by atoms with Gasteiger partial charge in [-0.3, -0.25) is 19.4 Å². The maximum atomic E-state index is 12.7. The van der Waals surface area contributed by atoms with E-state index in [1.165, 1.54) is 0 Å². The van der Waals surface area contributed by atoms with Gasteiger partial charge in [-0.25, -0.2) is 0 Å². The Kier molecular flexibility index (Phi) is 4.14. The van der Waals surface area contributed by atoms with Crippen molar-refractivity contribution in [2.45, 2.75) is 25.8 Å². The second-order valence-corrected chi connectivity index (χ2v) is 5.69. The van der Waals surface area contributed by atoms with E-state index in [0.717, 1.165) is 5.56 Å². The third-order valence-corrected chi connectivity index (χ3v) is 4.22. The Morgan fingerprint density at radius 3 is 2.91 bits per heavy atom. The first-order valence-corrected chi connectivity index (χ1v) is 7.67. The number of aromatic nitrogens is 4. The predicted octanol–water partition coefficient (Wildman–Crippen LogP) is 1.08. The molecule has 1 fully saturated rings. The van der Waals surface area contributed by atoms with Crippen molar-refractivity contribution in [3.8, 4) is 0 Å². The molecule has 2 amide bonds. The normalized spacial score (nSPS) is 21.5. The molecule has 0 aliphatic carbocycles. The zero-order valence-electron chi connectivity index (χ0n) is 13.2. The van der Waals surface area contributed by atoms with E-state index >= 15 is 0 Å². The van der Waals surface area contributed by atoms with Crippen molar-refractivity contribution >= 4 is 17.5 Å². The fourth-order valence-electron chi connectivity index (χ4n) is 3.16. The van der Waals surface area contributed by atoms with Crippen LogP contribution in [0.5, 0.6) is 0 Å². The predicted molar refractivity (Wildman–Crippen MR) is 83.3 cm³/mol. The minimum absolute atomic E-state index is 0.0775. The summed E-state index contributed by atoms with van der Waals surface area (Å²) in [6, 6.07) is -0.290. The number of piperidine rings is 1. The molecule has 122 valence electrons. The molecule has 3 rings (SSSR count). The SMILES string of the molecule is CCN1C(=O)CCC(C(=O)Nc2cn[nH]c2)C1c1cnn(C)c1. The van der Waals surface area contributed by atoms with Gasteiger partial charge in [0.15, 0.2) is 0 Å². The third-order valence-electron chi connectivity index (χ3n) is 4.22. The fraction of sp³-hybridized carbons (Fsp3) is 0.467.